The lowest BCUT2D eigenvalue weighted by Crippen LogP contribution is -2.50. The number of aliphatic hydroxyl groups excluding tert-OH is 1. The Labute approximate surface area is 242 Å². The number of nitrogens with one attached hydrogen (secondary N) is 1. The maximum atomic E-state index is 14.8. The molecule has 1 aliphatic heterocycles. The average Bonchev–Trinajstić information content (AvgIpc) is 3.31. The maximum absolute atomic E-state index is 14.8. The number of piperazine rings is 1. The Bertz CT molecular complexity index is 1490. The summed E-state index contributed by atoms with van der Waals surface area (Å²) in [4.78, 5) is 22.1. The van der Waals surface area contributed by atoms with E-state index in [9.17, 15) is 14.3 Å². The monoisotopic (exact) mass is 581 g/mol. The molecular weight excluding hydrogens is 552 g/mol. The molecule has 0 spiro atoms. The molecular formula is C30H30Cl2FN5O2. The van der Waals surface area contributed by atoms with Crippen molar-refractivity contribution in [3.63, 3.8) is 0 Å². The molecule has 1 aromatic heterocycles. The van der Waals surface area contributed by atoms with Crippen LogP contribution in [0.1, 0.15) is 16.2 Å². The van der Waals surface area contributed by atoms with Crippen molar-refractivity contribution in [1.29, 1.82) is 0 Å². The topological polar surface area (TPSA) is 73.6 Å². The summed E-state index contributed by atoms with van der Waals surface area (Å²) < 4.78 is 16.4. The van der Waals surface area contributed by atoms with Gasteiger partial charge in [0.2, 0.25) is 0 Å². The van der Waals surface area contributed by atoms with E-state index in [0.717, 1.165) is 37.4 Å². The van der Waals surface area contributed by atoms with Crippen LogP contribution in [0.2, 0.25) is 10.0 Å². The van der Waals surface area contributed by atoms with Gasteiger partial charge in [0.25, 0.3) is 5.91 Å². The lowest BCUT2D eigenvalue weighted by Gasteiger charge is -2.37. The first-order valence-electron chi connectivity index (χ1n) is 13.1. The molecule has 0 radical (unpaired) electrons. The quantitative estimate of drug-likeness (QED) is 0.299. The van der Waals surface area contributed by atoms with Crippen LogP contribution >= 0.6 is 23.2 Å². The van der Waals surface area contributed by atoms with Gasteiger partial charge in [0.15, 0.2) is 0 Å². The van der Waals surface area contributed by atoms with Crippen molar-refractivity contribution >= 4 is 34.8 Å². The Kier molecular flexibility index (Phi) is 8.71. The van der Waals surface area contributed by atoms with Crippen LogP contribution in [0.5, 0.6) is 0 Å². The number of rotatable bonds is 8. The molecule has 1 fully saturated rings. The second-order valence-electron chi connectivity index (χ2n) is 9.75. The number of hydrogen-bond acceptors (Lipinski definition) is 5. The zero-order valence-electron chi connectivity index (χ0n) is 22.0. The van der Waals surface area contributed by atoms with Crippen LogP contribution in [-0.2, 0) is 0 Å². The summed E-state index contributed by atoms with van der Waals surface area (Å²) in [6.45, 7) is 5.17. The first kappa shape index (κ1) is 28.1. The largest absolute Gasteiger partial charge is 0.390 e. The highest BCUT2D eigenvalue weighted by Crippen LogP contribution is 2.33. The van der Waals surface area contributed by atoms with Gasteiger partial charge >= 0.3 is 0 Å². The standard InChI is InChI=1S/C30H30Cl2FN5O2/c1-20-28(35-29(21-8-3-2-4-9-21)38(20)25-12-6-5-11-24(25)33)30(40)34-18-22(39)19-36-14-16-37(17-15-36)26-13-7-10-23(31)27(26)32/h2-13,22,39H,14-19H2,1H3,(H,34,40). The normalized spacial score (nSPS) is 14.8. The number of hydrogen-bond donors (Lipinski definition) is 2. The van der Waals surface area contributed by atoms with E-state index in [0.29, 0.717) is 33.8 Å². The minimum absolute atomic E-state index is 0.0613. The summed E-state index contributed by atoms with van der Waals surface area (Å²) in [5.74, 6) is -0.379. The third kappa shape index (κ3) is 6.00. The van der Waals surface area contributed by atoms with Gasteiger partial charge in [-0.1, -0.05) is 71.7 Å². The number of anilines is 1. The van der Waals surface area contributed by atoms with E-state index in [2.05, 4.69) is 20.1 Å². The molecule has 1 amide bonds. The average molecular weight is 583 g/mol. The third-order valence-electron chi connectivity index (χ3n) is 7.06. The molecule has 1 saturated heterocycles. The molecule has 1 unspecified atom stereocenters. The molecule has 2 heterocycles. The molecule has 7 nitrogen and oxygen atoms in total. The number of amides is 1. The third-order valence-corrected chi connectivity index (χ3v) is 7.87. The van der Waals surface area contributed by atoms with E-state index in [4.69, 9.17) is 23.2 Å². The number of carbonyl (C=O) groups is 1. The van der Waals surface area contributed by atoms with Gasteiger partial charge in [-0.3, -0.25) is 14.3 Å². The molecule has 208 valence electrons. The summed E-state index contributed by atoms with van der Waals surface area (Å²) in [5, 5.41) is 14.6. The minimum Gasteiger partial charge on any atom is -0.390 e. The number of aromatic nitrogens is 2. The summed E-state index contributed by atoms with van der Waals surface area (Å²) in [6, 6.07) is 21.3. The van der Waals surface area contributed by atoms with Gasteiger partial charge in [-0.2, -0.15) is 0 Å². The highest BCUT2D eigenvalue weighted by molar-refractivity contribution is 6.43. The van der Waals surface area contributed by atoms with E-state index in [1.54, 1.807) is 35.8 Å². The fourth-order valence-electron chi connectivity index (χ4n) is 4.99. The number of carbonyl (C=O) groups excluding carboxylic acids is 1. The predicted octanol–water partition coefficient (Wildman–Crippen LogP) is 5.21. The van der Waals surface area contributed by atoms with Gasteiger partial charge in [-0.25, -0.2) is 9.37 Å². The molecule has 10 heteroatoms. The Morgan fingerprint density at radius 2 is 1.65 bits per heavy atom. The highest BCUT2D eigenvalue weighted by atomic mass is 35.5. The van der Waals surface area contributed by atoms with Gasteiger partial charge in [0, 0.05) is 44.8 Å². The van der Waals surface area contributed by atoms with E-state index in [1.165, 1.54) is 6.07 Å². The Hall–Kier alpha value is -3.43. The molecule has 2 N–H and O–H groups in total. The second-order valence-corrected chi connectivity index (χ2v) is 10.5. The number of β-amino-alcohol motifs (C(OH)–C–C–N with tert-alkyl or cyclic N) is 1. The van der Waals surface area contributed by atoms with Crippen LogP contribution in [-0.4, -0.2) is 70.8 Å². The lowest BCUT2D eigenvalue weighted by molar-refractivity contribution is 0.0847. The molecule has 0 saturated carbocycles. The van der Waals surface area contributed by atoms with Gasteiger partial charge in [0.05, 0.1) is 33.2 Å². The summed E-state index contributed by atoms with van der Waals surface area (Å²) >= 11 is 12.5. The van der Waals surface area contributed by atoms with Crippen LogP contribution in [0.3, 0.4) is 0 Å². The maximum Gasteiger partial charge on any atom is 0.271 e. The zero-order chi connectivity index (χ0) is 28.2. The highest BCUT2D eigenvalue weighted by Gasteiger charge is 2.25. The van der Waals surface area contributed by atoms with Gasteiger partial charge in [0.1, 0.15) is 17.3 Å². The van der Waals surface area contributed by atoms with E-state index in [-0.39, 0.29) is 12.2 Å². The molecule has 1 atom stereocenters. The van der Waals surface area contributed by atoms with Crippen LogP contribution in [0.4, 0.5) is 10.1 Å². The van der Waals surface area contributed by atoms with Crippen molar-refractivity contribution in [3.8, 4) is 17.1 Å². The minimum atomic E-state index is -0.771. The number of benzene rings is 3. The second kappa shape index (κ2) is 12.4. The van der Waals surface area contributed by atoms with Crippen LogP contribution in [0, 0.1) is 12.7 Å². The van der Waals surface area contributed by atoms with Crippen molar-refractivity contribution < 1.29 is 14.3 Å². The lowest BCUT2D eigenvalue weighted by atomic mass is 10.2. The van der Waals surface area contributed by atoms with Crippen LogP contribution in [0.15, 0.2) is 72.8 Å². The molecule has 40 heavy (non-hydrogen) atoms. The molecule has 4 aromatic rings. The number of para-hydroxylation sites is 1. The smallest absolute Gasteiger partial charge is 0.271 e. The zero-order valence-corrected chi connectivity index (χ0v) is 23.5. The number of halogens is 3. The van der Waals surface area contributed by atoms with Gasteiger partial charge in [-0.15, -0.1) is 0 Å². The van der Waals surface area contributed by atoms with E-state index >= 15 is 0 Å². The first-order valence-corrected chi connectivity index (χ1v) is 13.9. The Morgan fingerprint density at radius 1 is 0.975 bits per heavy atom. The van der Waals surface area contributed by atoms with E-state index < -0.39 is 17.8 Å². The van der Waals surface area contributed by atoms with E-state index in [1.807, 2.05) is 42.5 Å². The van der Waals surface area contributed by atoms with Crippen molar-refractivity contribution in [3.05, 3.63) is 100 Å². The van der Waals surface area contributed by atoms with Gasteiger partial charge < -0.3 is 15.3 Å². The fourth-order valence-corrected chi connectivity index (χ4v) is 5.41. The van der Waals surface area contributed by atoms with Gasteiger partial charge in [-0.05, 0) is 31.2 Å². The molecule has 5 rings (SSSR count). The first-order chi connectivity index (χ1) is 19.3. The Morgan fingerprint density at radius 3 is 2.38 bits per heavy atom. The number of nitrogens with zero attached hydrogens (tertiary/aromatic N) is 4. The number of imidazole rings is 1. The van der Waals surface area contributed by atoms with Crippen molar-refractivity contribution in [2.75, 3.05) is 44.2 Å². The number of aliphatic hydroxyl groups is 1. The van der Waals surface area contributed by atoms with Crippen molar-refractivity contribution in [1.82, 2.24) is 19.8 Å². The molecule has 3 aromatic carbocycles. The Balaban J connectivity index is 1.23. The SMILES string of the molecule is Cc1c(C(=O)NCC(O)CN2CCN(c3cccc(Cl)c3Cl)CC2)nc(-c2ccccc2)n1-c1ccccc1F. The summed E-state index contributed by atoms with van der Waals surface area (Å²) in [7, 11) is 0. The molecule has 0 aliphatic carbocycles. The summed E-state index contributed by atoms with van der Waals surface area (Å²) in [5.41, 5.74) is 2.66. The fraction of sp³-hybridized carbons (Fsp3) is 0.267. The van der Waals surface area contributed by atoms with Crippen LogP contribution in [0.25, 0.3) is 17.1 Å². The van der Waals surface area contributed by atoms with Crippen molar-refractivity contribution in [2.45, 2.75) is 13.0 Å². The van der Waals surface area contributed by atoms with Crippen molar-refractivity contribution in [2.24, 2.45) is 0 Å². The predicted molar refractivity (Wildman–Crippen MR) is 157 cm³/mol. The molecule has 0 bridgehead atoms. The summed E-state index contributed by atoms with van der Waals surface area (Å²) in [6.07, 6.45) is -0.771. The van der Waals surface area contributed by atoms with Crippen LogP contribution < -0.4 is 10.2 Å². The molecule has 1 aliphatic rings.